The highest BCUT2D eigenvalue weighted by molar-refractivity contribution is 6.32. The summed E-state index contributed by atoms with van der Waals surface area (Å²) in [6.07, 6.45) is 3.74. The van der Waals surface area contributed by atoms with Crippen molar-refractivity contribution < 1.29 is 24.2 Å². The summed E-state index contributed by atoms with van der Waals surface area (Å²) >= 11 is 0. The molecule has 1 unspecified atom stereocenters. The predicted molar refractivity (Wildman–Crippen MR) is 77.7 cm³/mol. The predicted octanol–water partition coefficient (Wildman–Crippen LogP) is 2.51. The summed E-state index contributed by atoms with van der Waals surface area (Å²) in [5.41, 5.74) is 1.15. The number of hydrogen-bond donors (Lipinski definition) is 1. The summed E-state index contributed by atoms with van der Waals surface area (Å²) in [6.45, 7) is 0. The minimum atomic E-state index is -1.34. The van der Waals surface area contributed by atoms with E-state index in [9.17, 15) is 9.59 Å². The molecule has 0 bridgehead atoms. The van der Waals surface area contributed by atoms with Crippen LogP contribution in [0.4, 0.5) is 0 Å². The van der Waals surface area contributed by atoms with Crippen LogP contribution in [0.2, 0.25) is 0 Å². The van der Waals surface area contributed by atoms with Crippen LogP contribution in [-0.4, -0.2) is 23.1 Å². The molecule has 1 aromatic rings. The molecule has 0 spiro atoms. The fourth-order valence-corrected chi connectivity index (χ4v) is 2.92. The van der Waals surface area contributed by atoms with Gasteiger partial charge in [0, 0.05) is 18.8 Å². The van der Waals surface area contributed by atoms with Crippen molar-refractivity contribution in [3.8, 4) is 0 Å². The van der Waals surface area contributed by atoms with Crippen LogP contribution in [0, 0.1) is 11.8 Å². The van der Waals surface area contributed by atoms with Gasteiger partial charge in [-0.25, -0.2) is 4.79 Å². The Morgan fingerprint density at radius 2 is 1.91 bits per heavy atom. The molecule has 1 aliphatic heterocycles. The number of allylic oxidation sites excluding steroid dienone is 1. The molecule has 1 aliphatic carbocycles. The maximum atomic E-state index is 11.2. The Labute approximate surface area is 128 Å². The Bertz CT molecular complexity index is 586. The third-order valence-corrected chi connectivity index (χ3v) is 4.20. The zero-order valence-electron chi connectivity index (χ0n) is 12.1. The van der Waals surface area contributed by atoms with Crippen molar-refractivity contribution in [3.63, 3.8) is 0 Å². The van der Waals surface area contributed by atoms with Crippen molar-refractivity contribution in [2.24, 2.45) is 11.8 Å². The molecule has 1 aromatic carbocycles. The second-order valence-electron chi connectivity index (χ2n) is 5.86. The standard InChI is InChI=1S/C17H18O5/c18-14(17(19)20)8-12-6-13(7-12)15-10-21-16(22-15)9-11-4-2-1-3-5-11/h1-5,10,12-13,16H,6-9H2,(H,19,20). The minimum Gasteiger partial charge on any atom is -0.476 e. The van der Waals surface area contributed by atoms with Gasteiger partial charge in [-0.05, 0) is 24.3 Å². The zero-order valence-corrected chi connectivity index (χ0v) is 12.1. The van der Waals surface area contributed by atoms with E-state index < -0.39 is 11.8 Å². The molecular weight excluding hydrogens is 284 g/mol. The summed E-state index contributed by atoms with van der Waals surface area (Å²) in [5.74, 6) is -0.840. The Morgan fingerprint density at radius 3 is 2.59 bits per heavy atom. The van der Waals surface area contributed by atoms with Crippen molar-refractivity contribution in [1.82, 2.24) is 0 Å². The average molecular weight is 302 g/mol. The number of aliphatic carboxylic acids is 1. The molecule has 1 saturated carbocycles. The lowest BCUT2D eigenvalue weighted by molar-refractivity contribution is -0.150. The van der Waals surface area contributed by atoms with Crippen LogP contribution >= 0.6 is 0 Å². The maximum absolute atomic E-state index is 11.2. The van der Waals surface area contributed by atoms with Gasteiger partial charge in [-0.15, -0.1) is 0 Å². The van der Waals surface area contributed by atoms with E-state index in [1.807, 2.05) is 30.3 Å². The van der Waals surface area contributed by atoms with Gasteiger partial charge in [-0.2, -0.15) is 0 Å². The number of carbonyl (C=O) groups is 2. The SMILES string of the molecule is O=C(O)C(=O)CC1CC(C2=COC(Cc3ccccc3)O2)C1. The van der Waals surface area contributed by atoms with Gasteiger partial charge in [0.1, 0.15) is 12.0 Å². The molecule has 1 heterocycles. The number of ketones is 1. The van der Waals surface area contributed by atoms with Gasteiger partial charge in [-0.3, -0.25) is 4.79 Å². The average Bonchev–Trinajstić information content (AvgIpc) is 2.91. The maximum Gasteiger partial charge on any atom is 0.372 e. The first-order chi connectivity index (χ1) is 10.6. The number of carbonyl (C=O) groups excluding carboxylic acids is 1. The minimum absolute atomic E-state index is 0.118. The number of rotatable bonds is 6. The van der Waals surface area contributed by atoms with Crippen LogP contribution in [0.3, 0.4) is 0 Å². The molecule has 0 radical (unpaired) electrons. The van der Waals surface area contributed by atoms with Crippen LogP contribution in [0.25, 0.3) is 0 Å². The molecule has 3 rings (SSSR count). The third-order valence-electron chi connectivity index (χ3n) is 4.20. The van der Waals surface area contributed by atoms with Crippen molar-refractivity contribution in [2.75, 3.05) is 0 Å². The van der Waals surface area contributed by atoms with E-state index in [1.165, 1.54) is 0 Å². The molecule has 1 N–H and O–H groups in total. The first-order valence-corrected chi connectivity index (χ1v) is 7.44. The molecule has 0 amide bonds. The molecular formula is C17H18O5. The lowest BCUT2D eigenvalue weighted by atomic mass is 9.72. The molecule has 1 atom stereocenters. The smallest absolute Gasteiger partial charge is 0.372 e. The van der Waals surface area contributed by atoms with E-state index in [2.05, 4.69) is 0 Å². The van der Waals surface area contributed by atoms with Crippen LogP contribution in [0.1, 0.15) is 24.8 Å². The van der Waals surface area contributed by atoms with Crippen molar-refractivity contribution in [1.29, 1.82) is 0 Å². The topological polar surface area (TPSA) is 72.8 Å². The molecule has 116 valence electrons. The van der Waals surface area contributed by atoms with Crippen molar-refractivity contribution >= 4 is 11.8 Å². The highest BCUT2D eigenvalue weighted by atomic mass is 16.7. The van der Waals surface area contributed by atoms with E-state index >= 15 is 0 Å². The number of hydrogen-bond acceptors (Lipinski definition) is 4. The number of ether oxygens (including phenoxy) is 2. The quantitative estimate of drug-likeness (QED) is 0.817. The highest BCUT2D eigenvalue weighted by Crippen LogP contribution is 2.43. The van der Waals surface area contributed by atoms with E-state index in [4.69, 9.17) is 14.6 Å². The summed E-state index contributed by atoms with van der Waals surface area (Å²) in [7, 11) is 0. The van der Waals surface area contributed by atoms with Crippen LogP contribution in [-0.2, 0) is 25.5 Å². The third kappa shape index (κ3) is 3.30. The summed E-state index contributed by atoms with van der Waals surface area (Å²) in [5, 5.41) is 8.60. The number of carboxylic acids is 1. The molecule has 22 heavy (non-hydrogen) atoms. The summed E-state index contributed by atoms with van der Waals surface area (Å²) in [6, 6.07) is 9.99. The van der Waals surface area contributed by atoms with Gasteiger partial charge >= 0.3 is 5.97 Å². The Balaban J connectivity index is 1.43. The van der Waals surface area contributed by atoms with E-state index in [0.29, 0.717) is 6.42 Å². The normalized spacial score (nSPS) is 26.4. The number of Topliss-reactive ketones (excluding diaryl/α,β-unsaturated/α-hetero) is 1. The second-order valence-corrected chi connectivity index (χ2v) is 5.86. The first kappa shape index (κ1) is 14.6. The largest absolute Gasteiger partial charge is 0.476 e. The Morgan fingerprint density at radius 1 is 1.18 bits per heavy atom. The van der Waals surface area contributed by atoms with E-state index in [-0.39, 0.29) is 24.5 Å². The Hall–Kier alpha value is -2.30. The highest BCUT2D eigenvalue weighted by Gasteiger charge is 2.38. The van der Waals surface area contributed by atoms with Gasteiger partial charge in [-0.1, -0.05) is 30.3 Å². The van der Waals surface area contributed by atoms with Crippen molar-refractivity contribution in [2.45, 2.75) is 32.0 Å². The molecule has 1 fully saturated rings. The van der Waals surface area contributed by atoms with Crippen LogP contribution in [0.15, 0.2) is 42.4 Å². The monoisotopic (exact) mass is 302 g/mol. The second kappa shape index (κ2) is 6.22. The fraction of sp³-hybridized carbons (Fsp3) is 0.412. The van der Waals surface area contributed by atoms with Crippen LogP contribution < -0.4 is 0 Å². The van der Waals surface area contributed by atoms with Gasteiger partial charge in [0.05, 0.1) is 0 Å². The van der Waals surface area contributed by atoms with Gasteiger partial charge in [0.25, 0.3) is 0 Å². The zero-order chi connectivity index (χ0) is 15.5. The first-order valence-electron chi connectivity index (χ1n) is 7.44. The molecule has 5 nitrogen and oxygen atoms in total. The lowest BCUT2D eigenvalue weighted by Crippen LogP contribution is -2.30. The Kier molecular flexibility index (Phi) is 4.13. The van der Waals surface area contributed by atoms with Crippen LogP contribution in [0.5, 0.6) is 0 Å². The van der Waals surface area contributed by atoms with Gasteiger partial charge in [0.15, 0.2) is 0 Å². The van der Waals surface area contributed by atoms with Gasteiger partial charge in [0.2, 0.25) is 12.1 Å². The number of benzene rings is 1. The van der Waals surface area contributed by atoms with Crippen molar-refractivity contribution in [3.05, 3.63) is 47.9 Å². The molecule has 0 saturated heterocycles. The number of carboxylic acid groups (broad SMARTS) is 1. The van der Waals surface area contributed by atoms with E-state index in [0.717, 1.165) is 24.2 Å². The van der Waals surface area contributed by atoms with E-state index in [1.54, 1.807) is 6.26 Å². The van der Waals surface area contributed by atoms with Gasteiger partial charge < -0.3 is 14.6 Å². The molecule has 0 aromatic heterocycles. The molecule has 2 aliphatic rings. The fourth-order valence-electron chi connectivity index (χ4n) is 2.92. The molecule has 5 heteroatoms. The summed E-state index contributed by atoms with van der Waals surface area (Å²) < 4.78 is 11.3. The lowest BCUT2D eigenvalue weighted by Gasteiger charge is -2.34. The summed E-state index contributed by atoms with van der Waals surface area (Å²) in [4.78, 5) is 21.7.